The quantitative estimate of drug-likeness (QED) is 0.759. The van der Waals surface area contributed by atoms with E-state index in [9.17, 15) is 4.79 Å². The summed E-state index contributed by atoms with van der Waals surface area (Å²) in [6.45, 7) is 6.95. The zero-order valence-corrected chi connectivity index (χ0v) is 11.5. The third-order valence-electron chi connectivity index (χ3n) is 4.12. The van der Waals surface area contributed by atoms with E-state index in [-0.39, 0.29) is 17.3 Å². The summed E-state index contributed by atoms with van der Waals surface area (Å²) in [4.78, 5) is 12.6. The van der Waals surface area contributed by atoms with E-state index < -0.39 is 0 Å². The van der Waals surface area contributed by atoms with Gasteiger partial charge in [0, 0.05) is 18.1 Å². The van der Waals surface area contributed by atoms with E-state index in [0.717, 1.165) is 30.4 Å². The van der Waals surface area contributed by atoms with Crippen molar-refractivity contribution < 1.29 is 9.53 Å². The first kappa shape index (κ1) is 13.3. The van der Waals surface area contributed by atoms with Gasteiger partial charge in [-0.25, -0.2) is 0 Å². The summed E-state index contributed by atoms with van der Waals surface area (Å²) < 4.78 is 5.81. The van der Waals surface area contributed by atoms with Crippen molar-refractivity contribution in [3.05, 3.63) is 35.4 Å². The maximum atomic E-state index is 12.6. The molecule has 0 saturated carbocycles. The number of rotatable bonds is 3. The molecule has 1 aliphatic rings. The van der Waals surface area contributed by atoms with Crippen LogP contribution in [0.15, 0.2) is 24.3 Å². The summed E-state index contributed by atoms with van der Waals surface area (Å²) in [7, 11) is 0. The lowest BCUT2D eigenvalue weighted by atomic mass is 9.80. The predicted molar refractivity (Wildman–Crippen MR) is 72.9 cm³/mol. The molecule has 0 spiro atoms. The second-order valence-electron chi connectivity index (χ2n) is 5.52. The van der Waals surface area contributed by atoms with Crippen LogP contribution in [0.25, 0.3) is 0 Å². The molecule has 0 bridgehead atoms. The lowest BCUT2D eigenvalue weighted by molar-refractivity contribution is -0.0811. The topological polar surface area (TPSA) is 26.3 Å². The standard InChI is InChI=1S/C16H22O2/c1-4-16(3)11-13(9-10-18-16)15(17)14-8-6-5-7-12(14)2/h5-8,13H,4,9-11H2,1-3H3/t13-,16-/m1/s1. The zero-order chi connectivity index (χ0) is 13.2. The highest BCUT2D eigenvalue weighted by Gasteiger charge is 2.35. The summed E-state index contributed by atoms with van der Waals surface area (Å²) >= 11 is 0. The van der Waals surface area contributed by atoms with Crippen molar-refractivity contribution in [3.8, 4) is 0 Å². The molecule has 98 valence electrons. The van der Waals surface area contributed by atoms with Crippen molar-refractivity contribution in [1.82, 2.24) is 0 Å². The summed E-state index contributed by atoms with van der Waals surface area (Å²) in [5, 5.41) is 0. The Morgan fingerprint density at radius 1 is 1.44 bits per heavy atom. The van der Waals surface area contributed by atoms with Gasteiger partial charge in [0.2, 0.25) is 0 Å². The van der Waals surface area contributed by atoms with Gasteiger partial charge < -0.3 is 4.74 Å². The van der Waals surface area contributed by atoms with Crippen LogP contribution in [0.3, 0.4) is 0 Å². The molecule has 18 heavy (non-hydrogen) atoms. The van der Waals surface area contributed by atoms with Crippen molar-refractivity contribution in [3.63, 3.8) is 0 Å². The molecule has 2 atom stereocenters. The van der Waals surface area contributed by atoms with Crippen molar-refractivity contribution in [2.45, 2.75) is 45.6 Å². The molecule has 0 aromatic heterocycles. The van der Waals surface area contributed by atoms with Gasteiger partial charge in [-0.15, -0.1) is 0 Å². The van der Waals surface area contributed by atoms with Gasteiger partial charge in [0.25, 0.3) is 0 Å². The van der Waals surface area contributed by atoms with Crippen molar-refractivity contribution >= 4 is 5.78 Å². The van der Waals surface area contributed by atoms with Gasteiger partial charge in [0.1, 0.15) is 0 Å². The monoisotopic (exact) mass is 246 g/mol. The van der Waals surface area contributed by atoms with Crippen LogP contribution in [0.4, 0.5) is 0 Å². The van der Waals surface area contributed by atoms with Crippen LogP contribution in [0.1, 0.15) is 49.0 Å². The number of hydrogen-bond acceptors (Lipinski definition) is 2. The molecule has 0 N–H and O–H groups in total. The third kappa shape index (κ3) is 2.64. The van der Waals surface area contributed by atoms with E-state index in [1.54, 1.807) is 0 Å². The smallest absolute Gasteiger partial charge is 0.166 e. The number of ether oxygens (including phenoxy) is 1. The number of carbonyl (C=O) groups is 1. The molecule has 2 rings (SSSR count). The molecule has 0 amide bonds. The number of benzene rings is 1. The Balaban J connectivity index is 2.17. The highest BCUT2D eigenvalue weighted by atomic mass is 16.5. The van der Waals surface area contributed by atoms with Crippen LogP contribution in [0.5, 0.6) is 0 Å². The van der Waals surface area contributed by atoms with Crippen LogP contribution in [0.2, 0.25) is 0 Å². The van der Waals surface area contributed by atoms with E-state index in [1.165, 1.54) is 0 Å². The minimum absolute atomic E-state index is 0.116. The van der Waals surface area contributed by atoms with E-state index in [1.807, 2.05) is 31.2 Å². The third-order valence-corrected chi connectivity index (χ3v) is 4.12. The molecule has 0 radical (unpaired) electrons. The van der Waals surface area contributed by atoms with Gasteiger partial charge in [-0.2, -0.15) is 0 Å². The van der Waals surface area contributed by atoms with Crippen LogP contribution in [-0.4, -0.2) is 18.0 Å². The Labute approximate surface area is 109 Å². The van der Waals surface area contributed by atoms with Crippen LogP contribution in [-0.2, 0) is 4.74 Å². The largest absolute Gasteiger partial charge is 0.375 e. The Morgan fingerprint density at radius 2 is 2.17 bits per heavy atom. The van der Waals surface area contributed by atoms with Gasteiger partial charge >= 0.3 is 0 Å². The van der Waals surface area contributed by atoms with Gasteiger partial charge in [-0.05, 0) is 38.7 Å². The average Bonchev–Trinajstić information content (AvgIpc) is 2.39. The molecule has 1 heterocycles. The second kappa shape index (κ2) is 5.23. The number of Topliss-reactive ketones (excluding diaryl/α,β-unsaturated/α-hetero) is 1. The first-order valence-electron chi connectivity index (χ1n) is 6.79. The average molecular weight is 246 g/mol. The highest BCUT2D eigenvalue weighted by molar-refractivity contribution is 5.99. The Hall–Kier alpha value is -1.15. The lowest BCUT2D eigenvalue weighted by Gasteiger charge is -2.37. The summed E-state index contributed by atoms with van der Waals surface area (Å²) in [6.07, 6.45) is 2.66. The molecule has 1 aliphatic heterocycles. The van der Waals surface area contributed by atoms with E-state index in [0.29, 0.717) is 6.61 Å². The first-order chi connectivity index (χ1) is 8.56. The first-order valence-corrected chi connectivity index (χ1v) is 6.79. The maximum absolute atomic E-state index is 12.6. The van der Waals surface area contributed by atoms with Crippen molar-refractivity contribution in [1.29, 1.82) is 0 Å². The number of aryl methyl sites for hydroxylation is 1. The van der Waals surface area contributed by atoms with Crippen molar-refractivity contribution in [2.75, 3.05) is 6.61 Å². The molecule has 1 aromatic carbocycles. The minimum atomic E-state index is -0.124. The normalized spacial score (nSPS) is 28.1. The van der Waals surface area contributed by atoms with Gasteiger partial charge in [0.05, 0.1) is 5.60 Å². The van der Waals surface area contributed by atoms with Crippen LogP contribution >= 0.6 is 0 Å². The fourth-order valence-corrected chi connectivity index (χ4v) is 2.67. The van der Waals surface area contributed by atoms with Crippen molar-refractivity contribution in [2.24, 2.45) is 5.92 Å². The second-order valence-corrected chi connectivity index (χ2v) is 5.52. The molecule has 1 fully saturated rings. The molecular weight excluding hydrogens is 224 g/mol. The predicted octanol–water partition coefficient (Wildman–Crippen LogP) is 3.77. The molecule has 2 heteroatoms. The highest BCUT2D eigenvalue weighted by Crippen LogP contribution is 2.33. The SMILES string of the molecule is CC[C@]1(C)C[C@H](C(=O)c2ccccc2C)CCO1. The Morgan fingerprint density at radius 3 is 2.83 bits per heavy atom. The number of ketones is 1. The fraction of sp³-hybridized carbons (Fsp3) is 0.562. The Bertz CT molecular complexity index is 438. The van der Waals surface area contributed by atoms with E-state index >= 15 is 0 Å². The Kier molecular flexibility index (Phi) is 3.86. The number of hydrogen-bond donors (Lipinski definition) is 0. The van der Waals surface area contributed by atoms with E-state index in [4.69, 9.17) is 4.74 Å². The van der Waals surface area contributed by atoms with Crippen LogP contribution in [0, 0.1) is 12.8 Å². The van der Waals surface area contributed by atoms with Crippen LogP contribution < -0.4 is 0 Å². The summed E-state index contributed by atoms with van der Waals surface area (Å²) in [6, 6.07) is 7.87. The molecule has 1 aromatic rings. The summed E-state index contributed by atoms with van der Waals surface area (Å²) in [5.41, 5.74) is 1.83. The summed E-state index contributed by atoms with van der Waals surface area (Å²) in [5.74, 6) is 0.404. The molecule has 1 saturated heterocycles. The lowest BCUT2D eigenvalue weighted by Crippen LogP contribution is -2.39. The molecular formula is C16H22O2. The maximum Gasteiger partial charge on any atom is 0.166 e. The zero-order valence-electron chi connectivity index (χ0n) is 11.5. The molecule has 2 nitrogen and oxygen atoms in total. The van der Waals surface area contributed by atoms with Gasteiger partial charge in [-0.1, -0.05) is 31.2 Å². The molecule has 0 unspecified atom stereocenters. The molecule has 0 aliphatic carbocycles. The van der Waals surface area contributed by atoms with E-state index in [2.05, 4.69) is 13.8 Å². The number of carbonyl (C=O) groups excluding carboxylic acids is 1. The van der Waals surface area contributed by atoms with Gasteiger partial charge in [0.15, 0.2) is 5.78 Å². The minimum Gasteiger partial charge on any atom is -0.375 e. The van der Waals surface area contributed by atoms with Gasteiger partial charge in [-0.3, -0.25) is 4.79 Å². The fourth-order valence-electron chi connectivity index (χ4n) is 2.67.